The van der Waals surface area contributed by atoms with Gasteiger partial charge in [-0.05, 0) is 76.6 Å². The molecule has 2 unspecified atom stereocenters. The fourth-order valence-electron chi connectivity index (χ4n) is 6.17. The van der Waals surface area contributed by atoms with Crippen LogP contribution in [0.1, 0.15) is 40.2 Å². The zero-order chi connectivity index (χ0) is 32.2. The summed E-state index contributed by atoms with van der Waals surface area (Å²) in [6, 6.07) is 34.9. The first-order valence-corrected chi connectivity index (χ1v) is 18.1. The van der Waals surface area contributed by atoms with E-state index in [-0.39, 0.29) is 5.56 Å². The predicted octanol–water partition coefficient (Wildman–Crippen LogP) is 7.60. The van der Waals surface area contributed by atoms with Crippen LogP contribution in [-0.4, -0.2) is 30.1 Å². The normalized spacial score (nSPS) is 15.6. The largest absolute Gasteiger partial charge is 0.839 e. The third-order valence-corrected chi connectivity index (χ3v) is 15.3. The lowest BCUT2D eigenvalue weighted by Gasteiger charge is -2.58. The van der Waals surface area contributed by atoms with Crippen LogP contribution in [0.3, 0.4) is 0 Å². The summed E-state index contributed by atoms with van der Waals surface area (Å²) in [6.07, 6.45) is -8.31. The molecule has 0 amide bonds. The summed E-state index contributed by atoms with van der Waals surface area (Å²) in [5.41, 5.74) is -3.69. The minimum Gasteiger partial charge on any atom is -0.839 e. The Morgan fingerprint density at radius 1 is 0.659 bits per heavy atom. The Morgan fingerprint density at radius 3 is 1.27 bits per heavy atom. The molecule has 0 aliphatic rings. The van der Waals surface area contributed by atoms with Crippen LogP contribution in [0.5, 0.6) is 0 Å². The molecular weight excluding hydrogens is 603 g/mol. The molecule has 0 radical (unpaired) electrons. The summed E-state index contributed by atoms with van der Waals surface area (Å²) < 4.78 is 73.8. The number of halogens is 3. The van der Waals surface area contributed by atoms with Gasteiger partial charge in [0.1, 0.15) is 28.3 Å². The van der Waals surface area contributed by atoms with Gasteiger partial charge in [-0.2, -0.15) is 13.2 Å². The molecule has 2 atom stereocenters. The summed E-state index contributed by atoms with van der Waals surface area (Å²) >= 11 is 0. The van der Waals surface area contributed by atoms with Crippen molar-refractivity contribution in [1.29, 1.82) is 0 Å². The van der Waals surface area contributed by atoms with Gasteiger partial charge in [-0.1, -0.05) is 84.9 Å². The highest BCUT2D eigenvalue weighted by Gasteiger charge is 2.73. The van der Waals surface area contributed by atoms with Crippen molar-refractivity contribution < 1.29 is 31.9 Å². The van der Waals surface area contributed by atoms with Gasteiger partial charge in [-0.15, -0.1) is 0 Å². The molecule has 4 rings (SSSR count). The monoisotopic (exact) mass is 642 g/mol. The molecule has 0 bridgehead atoms. The number of alkyl halides is 3. The molecule has 0 aliphatic heterocycles. The molecule has 0 heterocycles. The predicted molar refractivity (Wildman–Crippen MR) is 173 cm³/mol. The topological polar surface area (TPSA) is 58.6 Å². The molecule has 4 aromatic rings. The Morgan fingerprint density at radius 2 is 0.977 bits per heavy atom. The highest BCUT2D eigenvalue weighted by atomic mass is 31.2. The van der Waals surface area contributed by atoms with E-state index in [1.165, 1.54) is 6.92 Å². The third-order valence-electron chi connectivity index (χ3n) is 7.84. The first-order valence-electron chi connectivity index (χ1n) is 14.6. The third kappa shape index (κ3) is 6.18. The lowest BCUT2D eigenvalue weighted by atomic mass is 9.82. The molecule has 0 spiro atoms. The number of hydrogen-bond donors (Lipinski definition) is 0. The second kappa shape index (κ2) is 13.3. The summed E-state index contributed by atoms with van der Waals surface area (Å²) in [6.45, 7) is 7.63. The van der Waals surface area contributed by atoms with Crippen molar-refractivity contribution in [3.63, 3.8) is 0 Å². The molecule has 234 valence electrons. The fourth-order valence-corrected chi connectivity index (χ4v) is 14.4. The Hall–Kier alpha value is -2.79. The molecule has 0 aliphatic carbocycles. The Labute approximate surface area is 259 Å². The zero-order valence-corrected chi connectivity index (χ0v) is 27.4. The van der Waals surface area contributed by atoms with Crippen LogP contribution < -0.4 is 21.0 Å². The van der Waals surface area contributed by atoms with Crippen LogP contribution in [0, 0.1) is 0 Å². The highest BCUT2D eigenvalue weighted by molar-refractivity contribution is 7.96. The van der Waals surface area contributed by atoms with Crippen molar-refractivity contribution in [3.05, 3.63) is 127 Å². The van der Waals surface area contributed by atoms with Crippen LogP contribution in [0.25, 0.3) is 0 Å². The van der Waals surface area contributed by atoms with Crippen molar-refractivity contribution in [2.24, 2.45) is 0 Å². The van der Waals surface area contributed by atoms with E-state index in [1.807, 2.05) is 0 Å². The smallest absolute Gasteiger partial charge is 0.384 e. The summed E-state index contributed by atoms with van der Waals surface area (Å²) in [4.78, 5) is 0. The Balaban J connectivity index is 2.27. The van der Waals surface area contributed by atoms with E-state index in [9.17, 15) is 4.57 Å². The molecule has 0 saturated heterocycles. The molecule has 0 aromatic heterocycles. The molecule has 9 heteroatoms. The molecule has 0 saturated carbocycles. The standard InChI is InChI=1S/C35H39F3O4P2/c1-27(2)41-43(40,42-28(3)4)26-34(39,35(36,37)38)33(5,29-18-10-6-11-19-29)44(30-20-12-7-13-21-30,31-22-14-8-15-23-31)32-24-16-9-17-25-32/h6-25,27-28H,26H2,1-5H3. The summed E-state index contributed by atoms with van der Waals surface area (Å²) in [5.74, 6) is 0. The van der Waals surface area contributed by atoms with E-state index in [0.717, 1.165) is 0 Å². The average Bonchev–Trinajstić information content (AvgIpc) is 2.98. The molecule has 0 fully saturated rings. The van der Waals surface area contributed by atoms with Gasteiger partial charge in [0.05, 0.1) is 18.4 Å². The van der Waals surface area contributed by atoms with Crippen molar-refractivity contribution in [3.8, 4) is 0 Å². The molecule has 44 heavy (non-hydrogen) atoms. The second-order valence-corrected chi connectivity index (χ2v) is 17.3. The van der Waals surface area contributed by atoms with Crippen molar-refractivity contribution in [2.75, 3.05) is 6.16 Å². The first kappa shape index (κ1) is 34.1. The van der Waals surface area contributed by atoms with Gasteiger partial charge in [0.25, 0.3) is 0 Å². The van der Waals surface area contributed by atoms with E-state index in [2.05, 4.69) is 0 Å². The van der Waals surface area contributed by atoms with Crippen LogP contribution in [0.4, 0.5) is 13.2 Å². The first-order chi connectivity index (χ1) is 20.7. The average molecular weight is 643 g/mol. The highest BCUT2D eigenvalue weighted by Crippen LogP contribution is 2.76. The Kier molecular flexibility index (Phi) is 10.3. The lowest BCUT2D eigenvalue weighted by Crippen LogP contribution is -2.73. The van der Waals surface area contributed by atoms with E-state index in [0.29, 0.717) is 15.9 Å². The van der Waals surface area contributed by atoms with Gasteiger partial charge in [-0.25, -0.2) is 0 Å². The molecule has 0 N–H and O–H groups in total. The second-order valence-electron chi connectivity index (χ2n) is 11.5. The van der Waals surface area contributed by atoms with Crippen molar-refractivity contribution >= 4 is 30.8 Å². The van der Waals surface area contributed by atoms with Gasteiger partial charge < -0.3 is 14.2 Å². The SMILES string of the molecule is CC(C)OP(=O)(CC([O-])(C(F)(F)F)C(C)(c1ccccc1)[P+](c1ccccc1)(c1ccccc1)c1ccccc1)OC(C)C. The van der Waals surface area contributed by atoms with E-state index in [1.54, 1.807) is 149 Å². The Bertz CT molecular complexity index is 1420. The minimum atomic E-state index is -5.39. The maximum Gasteiger partial charge on any atom is 0.384 e. The van der Waals surface area contributed by atoms with Gasteiger partial charge >= 0.3 is 13.8 Å². The van der Waals surface area contributed by atoms with Gasteiger partial charge in [0, 0.05) is 5.60 Å². The quantitative estimate of drug-likeness (QED) is 0.149. The van der Waals surface area contributed by atoms with Crippen LogP contribution in [0.15, 0.2) is 121 Å². The number of rotatable bonds is 12. The van der Waals surface area contributed by atoms with E-state index in [4.69, 9.17) is 9.05 Å². The number of hydrogen-bond acceptors (Lipinski definition) is 4. The van der Waals surface area contributed by atoms with Crippen molar-refractivity contribution in [1.82, 2.24) is 0 Å². The lowest BCUT2D eigenvalue weighted by molar-refractivity contribution is -0.542. The summed E-state index contributed by atoms with van der Waals surface area (Å²) in [7, 11) is -8.26. The molecule has 4 nitrogen and oxygen atoms in total. The fraction of sp³-hybridized carbons (Fsp3) is 0.314. The van der Waals surface area contributed by atoms with Crippen LogP contribution in [-0.2, 0) is 18.8 Å². The minimum absolute atomic E-state index is 0.179. The van der Waals surface area contributed by atoms with E-state index < -0.39 is 50.2 Å². The number of benzene rings is 4. The summed E-state index contributed by atoms with van der Waals surface area (Å²) in [5, 5.41) is 15.1. The van der Waals surface area contributed by atoms with Crippen molar-refractivity contribution in [2.45, 2.75) is 63.8 Å². The van der Waals surface area contributed by atoms with Gasteiger partial charge in [0.2, 0.25) is 0 Å². The van der Waals surface area contributed by atoms with Crippen LogP contribution in [0.2, 0.25) is 0 Å². The van der Waals surface area contributed by atoms with Crippen LogP contribution >= 0.6 is 14.9 Å². The molecular formula is C35H39F3O4P2. The van der Waals surface area contributed by atoms with Gasteiger partial charge in [0.15, 0.2) is 0 Å². The maximum atomic E-state index is 16.0. The van der Waals surface area contributed by atoms with Gasteiger partial charge in [-0.3, -0.25) is 4.57 Å². The zero-order valence-electron chi connectivity index (χ0n) is 25.6. The molecule has 4 aromatic carbocycles. The van der Waals surface area contributed by atoms with E-state index >= 15 is 18.3 Å². The maximum absolute atomic E-state index is 16.0.